The lowest BCUT2D eigenvalue weighted by Gasteiger charge is -2.45. The van der Waals surface area contributed by atoms with Crippen LogP contribution < -0.4 is 4.72 Å². The van der Waals surface area contributed by atoms with Gasteiger partial charge in [-0.05, 0) is 50.7 Å². The summed E-state index contributed by atoms with van der Waals surface area (Å²) in [6.07, 6.45) is 5.78. The van der Waals surface area contributed by atoms with E-state index in [9.17, 15) is 8.42 Å². The van der Waals surface area contributed by atoms with Crippen LogP contribution in [0.3, 0.4) is 0 Å². The summed E-state index contributed by atoms with van der Waals surface area (Å²) in [6.45, 7) is 8.69. The van der Waals surface area contributed by atoms with Gasteiger partial charge in [0.25, 0.3) is 0 Å². The van der Waals surface area contributed by atoms with Crippen LogP contribution in [0.25, 0.3) is 0 Å². The summed E-state index contributed by atoms with van der Waals surface area (Å²) in [5, 5.41) is 0. The van der Waals surface area contributed by atoms with Gasteiger partial charge in [0.2, 0.25) is 10.0 Å². The number of hydrogen-bond acceptors (Lipinski definition) is 5. The first kappa shape index (κ1) is 23.7. The summed E-state index contributed by atoms with van der Waals surface area (Å²) < 4.78 is 48.5. The van der Waals surface area contributed by atoms with Crippen molar-refractivity contribution in [2.24, 2.45) is 10.8 Å². The van der Waals surface area contributed by atoms with Crippen LogP contribution in [0.2, 0.25) is 0 Å². The van der Waals surface area contributed by atoms with E-state index in [2.05, 4.69) is 39.9 Å². The van der Waals surface area contributed by atoms with E-state index in [0.717, 1.165) is 51.1 Å². The Morgan fingerprint density at radius 3 is 2.59 bits per heavy atom. The Morgan fingerprint density at radius 2 is 2.00 bits per heavy atom. The van der Waals surface area contributed by atoms with E-state index in [4.69, 9.17) is 4.74 Å². The molecule has 5 rings (SSSR count). The van der Waals surface area contributed by atoms with Gasteiger partial charge in [0.15, 0.2) is 0 Å². The van der Waals surface area contributed by atoms with Gasteiger partial charge < -0.3 is 14.5 Å². The Kier molecular flexibility index (Phi) is 5.74. The summed E-state index contributed by atoms with van der Waals surface area (Å²) in [6, 6.07) is 4.84. The van der Waals surface area contributed by atoms with Gasteiger partial charge in [-0.15, -0.1) is 0 Å². The molecule has 0 radical (unpaired) electrons. The topological polar surface area (TPSA) is 61.9 Å². The minimum absolute atomic E-state index is 0.0164. The summed E-state index contributed by atoms with van der Waals surface area (Å²) in [4.78, 5) is 4.36. The molecule has 2 aliphatic carbocycles. The zero-order valence-corrected chi connectivity index (χ0v) is 21.0. The second-order valence-electron chi connectivity index (χ2n) is 10.9. The van der Waals surface area contributed by atoms with Gasteiger partial charge in [0, 0.05) is 43.6 Å². The number of benzene rings is 1. The van der Waals surface area contributed by atoms with E-state index in [-0.39, 0.29) is 34.8 Å². The summed E-state index contributed by atoms with van der Waals surface area (Å²) in [7, 11) is -1.72. The van der Waals surface area contributed by atoms with E-state index in [1.165, 1.54) is 6.26 Å². The minimum Gasteiger partial charge on any atom is -0.378 e. The molecule has 2 heterocycles. The van der Waals surface area contributed by atoms with Crippen LogP contribution >= 0.6 is 0 Å². The molecule has 2 saturated heterocycles. The van der Waals surface area contributed by atoms with Gasteiger partial charge >= 0.3 is 0 Å². The van der Waals surface area contributed by atoms with Crippen molar-refractivity contribution in [1.29, 1.82) is 0 Å². The third kappa shape index (κ3) is 4.58. The highest BCUT2D eigenvalue weighted by Crippen LogP contribution is 2.56. The number of methoxy groups -OCH3 is 1. The fourth-order valence-corrected chi connectivity index (χ4v) is 6.16. The maximum Gasteiger partial charge on any atom is 0.209 e. The molecule has 2 aliphatic heterocycles. The van der Waals surface area contributed by atoms with Crippen LogP contribution in [-0.2, 0) is 21.2 Å². The van der Waals surface area contributed by atoms with Crippen molar-refractivity contribution in [3.63, 3.8) is 0 Å². The van der Waals surface area contributed by atoms with E-state index in [1.54, 1.807) is 19.2 Å². The number of likely N-dealkylation sites (tertiary alicyclic amines) is 2. The van der Waals surface area contributed by atoms with Crippen LogP contribution in [0, 0.1) is 28.5 Å². The van der Waals surface area contributed by atoms with Crippen molar-refractivity contribution in [3.8, 4) is 11.8 Å². The Bertz CT molecular complexity index is 1160. The number of ether oxygens (including phenoxy) is 1. The number of halogens is 1. The van der Waals surface area contributed by atoms with Gasteiger partial charge in [-0.2, -0.15) is 0 Å². The zero-order chi connectivity index (χ0) is 24.3. The quantitative estimate of drug-likeness (QED) is 0.600. The second kappa shape index (κ2) is 8.25. The molecule has 34 heavy (non-hydrogen) atoms. The lowest BCUT2D eigenvalue weighted by Crippen LogP contribution is -2.55. The van der Waals surface area contributed by atoms with E-state index >= 15 is 4.39 Å². The second-order valence-corrected chi connectivity index (χ2v) is 12.7. The average molecular weight is 488 g/mol. The molecule has 184 valence electrons. The Morgan fingerprint density at radius 1 is 1.29 bits per heavy atom. The molecule has 1 N–H and O–H groups in total. The van der Waals surface area contributed by atoms with Gasteiger partial charge in [-0.3, -0.25) is 0 Å². The molecule has 2 atom stereocenters. The van der Waals surface area contributed by atoms with Gasteiger partial charge in [-0.1, -0.05) is 30.6 Å². The maximum atomic E-state index is 15.5. The molecule has 8 heteroatoms. The molecule has 2 saturated carbocycles. The Hall–Kier alpha value is -2.08. The molecule has 1 aromatic rings. The molecule has 1 aromatic carbocycles. The van der Waals surface area contributed by atoms with Crippen molar-refractivity contribution in [3.05, 3.63) is 47.5 Å². The van der Waals surface area contributed by atoms with Crippen molar-refractivity contribution in [2.45, 2.75) is 57.2 Å². The number of sulfonamides is 1. The molecule has 2 unspecified atom stereocenters. The summed E-state index contributed by atoms with van der Waals surface area (Å²) in [5.41, 5.74) is 0.861. The normalized spacial score (nSPS) is 26.7. The maximum absolute atomic E-state index is 15.5. The molecular weight excluding hydrogens is 453 g/mol. The first-order valence-corrected chi connectivity index (χ1v) is 13.9. The highest BCUT2D eigenvalue weighted by molar-refractivity contribution is 7.88. The van der Waals surface area contributed by atoms with Crippen molar-refractivity contribution in [1.82, 2.24) is 14.5 Å². The zero-order valence-electron chi connectivity index (χ0n) is 20.2. The van der Waals surface area contributed by atoms with E-state index in [1.807, 2.05) is 6.07 Å². The first-order valence-electron chi connectivity index (χ1n) is 12.0. The Balaban J connectivity index is 1.44. The summed E-state index contributed by atoms with van der Waals surface area (Å²) in [5.74, 6) is 6.83. The van der Waals surface area contributed by atoms with Gasteiger partial charge in [0.1, 0.15) is 5.82 Å². The number of nitrogens with one attached hydrogen (secondary N) is 1. The highest BCUT2D eigenvalue weighted by atomic mass is 32.2. The smallest absolute Gasteiger partial charge is 0.209 e. The fourth-order valence-electron chi connectivity index (χ4n) is 5.29. The molecule has 0 aromatic heterocycles. The third-order valence-electron chi connectivity index (χ3n) is 8.05. The van der Waals surface area contributed by atoms with Crippen LogP contribution in [0.5, 0.6) is 0 Å². The highest BCUT2D eigenvalue weighted by Gasteiger charge is 2.61. The molecule has 4 aliphatic rings. The molecule has 0 amide bonds. The van der Waals surface area contributed by atoms with E-state index in [0.29, 0.717) is 17.5 Å². The predicted molar refractivity (Wildman–Crippen MR) is 130 cm³/mol. The van der Waals surface area contributed by atoms with E-state index < -0.39 is 10.0 Å². The van der Waals surface area contributed by atoms with Crippen molar-refractivity contribution >= 4 is 10.0 Å². The summed E-state index contributed by atoms with van der Waals surface area (Å²) >= 11 is 0. The number of nitrogens with zero attached hydrogens (tertiary/aromatic N) is 2. The van der Waals surface area contributed by atoms with Gasteiger partial charge in [-0.25, -0.2) is 17.5 Å². The first-order chi connectivity index (χ1) is 16.0. The molecule has 4 fully saturated rings. The average Bonchev–Trinajstić information content (AvgIpc) is 3.64. The van der Waals surface area contributed by atoms with Crippen LogP contribution in [0.15, 0.2) is 30.6 Å². The van der Waals surface area contributed by atoms with Crippen molar-refractivity contribution in [2.75, 3.05) is 33.0 Å². The fraction of sp³-hybridized carbons (Fsp3) is 0.615. The molecule has 6 nitrogen and oxygen atoms in total. The third-order valence-corrected chi connectivity index (χ3v) is 8.73. The number of rotatable bonds is 7. The number of hydrogen-bond donors (Lipinski definition) is 1. The standard InChI is InChI=1S/C26H34FN3O3S/c1-18(29-15-21(16-29)33-3)30-17-26(12-13-26)24(28-34(4,31)32)22(30)14-20-7-5-6-19(23(20)27)8-9-25(2)10-11-25/h5-7,21-22,24,28H,1,10-17H2,2-4H3. The monoisotopic (exact) mass is 487 g/mol. The molecular formula is C26H34FN3O3S. The minimum atomic E-state index is -3.43. The lowest BCUT2D eigenvalue weighted by molar-refractivity contribution is -0.0274. The predicted octanol–water partition coefficient (Wildman–Crippen LogP) is 2.70. The van der Waals surface area contributed by atoms with Crippen LogP contribution in [0.4, 0.5) is 4.39 Å². The van der Waals surface area contributed by atoms with Crippen molar-refractivity contribution < 1.29 is 17.5 Å². The van der Waals surface area contributed by atoms with Gasteiger partial charge in [0.05, 0.1) is 29.8 Å². The largest absolute Gasteiger partial charge is 0.378 e. The molecule has 1 spiro atoms. The Labute approximate surface area is 202 Å². The van der Waals surface area contributed by atoms with Crippen LogP contribution in [0.1, 0.15) is 43.7 Å². The van der Waals surface area contributed by atoms with Crippen LogP contribution in [-0.4, -0.2) is 69.4 Å². The molecule has 0 bridgehead atoms. The SMILES string of the molecule is C=C(N1CC(OC)C1)N1CC2(CC2)C(NS(C)(=O)=O)C1Cc1cccc(C#CC2(C)CC2)c1F. The lowest BCUT2D eigenvalue weighted by atomic mass is 9.92.